The van der Waals surface area contributed by atoms with Crippen molar-refractivity contribution >= 4 is 11.6 Å². The van der Waals surface area contributed by atoms with Gasteiger partial charge in [0.2, 0.25) is 0 Å². The van der Waals surface area contributed by atoms with Crippen LogP contribution in [0.4, 0.5) is 0 Å². The van der Waals surface area contributed by atoms with Gasteiger partial charge in [-0.25, -0.2) is 0 Å². The van der Waals surface area contributed by atoms with E-state index < -0.39 is 5.41 Å². The lowest BCUT2D eigenvalue weighted by Gasteiger charge is -2.16. The highest BCUT2D eigenvalue weighted by Gasteiger charge is 2.65. The predicted octanol–water partition coefficient (Wildman–Crippen LogP) is 5.23. The van der Waals surface area contributed by atoms with Gasteiger partial charge in [0.1, 0.15) is 5.41 Å². The summed E-state index contributed by atoms with van der Waals surface area (Å²) in [5.74, 6) is -0.210. The van der Waals surface area contributed by atoms with E-state index in [2.05, 4.69) is 0 Å². The van der Waals surface area contributed by atoms with Crippen molar-refractivity contribution in [1.82, 2.24) is 0 Å². The normalized spacial score (nSPS) is 17.5. The maximum absolute atomic E-state index is 13.4. The van der Waals surface area contributed by atoms with Crippen LogP contribution >= 0.6 is 0 Å². The Balaban J connectivity index is 1.77. The zero-order valence-electron chi connectivity index (χ0n) is 14.7. The Morgan fingerprint density at radius 1 is 0.731 bits per heavy atom. The first kappa shape index (κ1) is 16.5. The molecule has 2 heteroatoms. The van der Waals surface area contributed by atoms with Gasteiger partial charge in [-0.1, -0.05) is 90.5 Å². The molecule has 1 saturated carbocycles. The van der Waals surface area contributed by atoms with Gasteiger partial charge in [-0.3, -0.25) is 9.59 Å². The highest BCUT2D eigenvalue weighted by Crippen LogP contribution is 2.62. The third-order valence-corrected chi connectivity index (χ3v) is 5.32. The fraction of sp³-hybridized carbons (Fsp3) is 0.167. The zero-order valence-corrected chi connectivity index (χ0v) is 14.7. The summed E-state index contributed by atoms with van der Waals surface area (Å²) in [4.78, 5) is 26.7. The van der Waals surface area contributed by atoms with Crippen LogP contribution < -0.4 is 0 Å². The molecule has 0 aromatic heterocycles. The maximum Gasteiger partial charge on any atom is 0.177 e. The third kappa shape index (κ3) is 2.68. The summed E-state index contributed by atoms with van der Waals surface area (Å²) in [6, 6.07) is 26.5. The lowest BCUT2D eigenvalue weighted by atomic mass is 9.83. The van der Waals surface area contributed by atoms with E-state index in [1.54, 1.807) is 24.3 Å². The molecule has 3 aromatic rings. The van der Waals surface area contributed by atoms with Crippen molar-refractivity contribution in [2.75, 3.05) is 0 Å². The number of hydrogen-bond donors (Lipinski definition) is 0. The number of Topliss-reactive ketones (excluding diaryl/α,β-unsaturated/α-hetero) is 2. The molecule has 0 radical (unpaired) electrons. The molecule has 3 aromatic carbocycles. The van der Waals surface area contributed by atoms with Crippen LogP contribution in [0, 0.1) is 12.3 Å². The summed E-state index contributed by atoms with van der Waals surface area (Å²) in [6.07, 6.45) is 0.567. The summed E-state index contributed by atoms with van der Waals surface area (Å²) < 4.78 is 0. The molecule has 0 heterocycles. The summed E-state index contributed by atoms with van der Waals surface area (Å²) in [7, 11) is 0. The topological polar surface area (TPSA) is 34.1 Å². The standard InChI is InChI=1S/C24H20O2/c1-17-12-14-18(15-13-17)21-16-24(21,22(25)19-8-4-2-5-9-19)23(26)20-10-6-3-7-11-20/h2-15,21H,16H2,1H3. The molecule has 0 spiro atoms. The van der Waals surface area contributed by atoms with Crippen LogP contribution in [0.25, 0.3) is 0 Å². The monoisotopic (exact) mass is 340 g/mol. The van der Waals surface area contributed by atoms with Crippen molar-refractivity contribution in [3.05, 3.63) is 107 Å². The molecule has 26 heavy (non-hydrogen) atoms. The molecule has 0 amide bonds. The molecule has 1 atom stereocenters. The second-order valence-corrected chi connectivity index (χ2v) is 7.03. The minimum Gasteiger partial charge on any atom is -0.293 e. The second kappa shape index (κ2) is 6.38. The molecule has 1 fully saturated rings. The predicted molar refractivity (Wildman–Crippen MR) is 103 cm³/mol. The summed E-state index contributed by atoms with van der Waals surface area (Å²) in [6.45, 7) is 2.04. The summed E-state index contributed by atoms with van der Waals surface area (Å²) >= 11 is 0. The average Bonchev–Trinajstić information content (AvgIpc) is 3.45. The fourth-order valence-corrected chi connectivity index (χ4v) is 3.76. The van der Waals surface area contributed by atoms with Crippen molar-refractivity contribution in [3.8, 4) is 0 Å². The molecule has 0 bridgehead atoms. The van der Waals surface area contributed by atoms with Crippen LogP contribution in [0.2, 0.25) is 0 Å². The first-order chi connectivity index (χ1) is 12.6. The van der Waals surface area contributed by atoms with Crippen LogP contribution in [0.3, 0.4) is 0 Å². The lowest BCUT2D eigenvalue weighted by molar-refractivity contribution is 0.0776. The van der Waals surface area contributed by atoms with Crippen molar-refractivity contribution < 1.29 is 9.59 Å². The highest BCUT2D eigenvalue weighted by atomic mass is 16.2. The molecule has 4 rings (SSSR count). The number of aryl methyl sites for hydroxylation is 1. The number of carbonyl (C=O) groups excluding carboxylic acids is 2. The molecule has 0 aliphatic heterocycles. The Hall–Kier alpha value is -3.00. The molecule has 1 unspecified atom stereocenters. The Morgan fingerprint density at radius 2 is 1.19 bits per heavy atom. The summed E-state index contributed by atoms with van der Waals surface area (Å²) in [5.41, 5.74) is 2.45. The van der Waals surface area contributed by atoms with E-state index in [-0.39, 0.29) is 17.5 Å². The van der Waals surface area contributed by atoms with Gasteiger partial charge in [-0.2, -0.15) is 0 Å². The molecular weight excluding hydrogens is 320 g/mol. The van der Waals surface area contributed by atoms with E-state index in [9.17, 15) is 9.59 Å². The largest absolute Gasteiger partial charge is 0.293 e. The van der Waals surface area contributed by atoms with Crippen LogP contribution in [-0.4, -0.2) is 11.6 Å². The van der Waals surface area contributed by atoms with Crippen molar-refractivity contribution in [3.63, 3.8) is 0 Å². The van der Waals surface area contributed by atoms with Crippen molar-refractivity contribution in [2.24, 2.45) is 5.41 Å². The Bertz CT molecular complexity index is 889. The number of carbonyl (C=O) groups is 2. The van der Waals surface area contributed by atoms with E-state index in [1.807, 2.05) is 67.6 Å². The minimum atomic E-state index is -0.988. The number of ketones is 2. The van der Waals surface area contributed by atoms with E-state index in [0.717, 1.165) is 5.56 Å². The van der Waals surface area contributed by atoms with Crippen LogP contribution in [-0.2, 0) is 0 Å². The zero-order chi connectivity index (χ0) is 18.1. The smallest absolute Gasteiger partial charge is 0.177 e. The molecule has 128 valence electrons. The molecular formula is C24H20O2. The molecule has 0 N–H and O–H groups in total. The summed E-state index contributed by atoms with van der Waals surface area (Å²) in [5, 5.41) is 0. The molecule has 1 aliphatic carbocycles. The van der Waals surface area contributed by atoms with Gasteiger partial charge in [0, 0.05) is 17.0 Å². The second-order valence-electron chi connectivity index (χ2n) is 7.03. The van der Waals surface area contributed by atoms with Crippen LogP contribution in [0.5, 0.6) is 0 Å². The van der Waals surface area contributed by atoms with Crippen LogP contribution in [0.15, 0.2) is 84.9 Å². The van der Waals surface area contributed by atoms with Gasteiger partial charge >= 0.3 is 0 Å². The Kier molecular flexibility index (Phi) is 4.04. The van der Waals surface area contributed by atoms with E-state index in [1.165, 1.54) is 5.56 Å². The average molecular weight is 340 g/mol. The fourth-order valence-electron chi connectivity index (χ4n) is 3.76. The van der Waals surface area contributed by atoms with Gasteiger partial charge in [0.05, 0.1) is 0 Å². The van der Waals surface area contributed by atoms with Crippen molar-refractivity contribution in [2.45, 2.75) is 19.3 Å². The van der Waals surface area contributed by atoms with Gasteiger partial charge in [-0.15, -0.1) is 0 Å². The maximum atomic E-state index is 13.4. The van der Waals surface area contributed by atoms with Gasteiger partial charge in [0.25, 0.3) is 0 Å². The van der Waals surface area contributed by atoms with Crippen LogP contribution in [0.1, 0.15) is 44.2 Å². The molecule has 2 nitrogen and oxygen atoms in total. The van der Waals surface area contributed by atoms with E-state index in [4.69, 9.17) is 0 Å². The SMILES string of the molecule is Cc1ccc(C2CC2(C(=O)c2ccccc2)C(=O)c2ccccc2)cc1. The molecule has 1 aliphatic rings. The Morgan fingerprint density at radius 3 is 1.65 bits per heavy atom. The minimum absolute atomic E-state index is 0.0662. The number of rotatable bonds is 5. The van der Waals surface area contributed by atoms with E-state index in [0.29, 0.717) is 17.5 Å². The quantitative estimate of drug-likeness (QED) is 0.470. The lowest BCUT2D eigenvalue weighted by Crippen LogP contribution is -2.28. The van der Waals surface area contributed by atoms with Gasteiger partial charge < -0.3 is 0 Å². The van der Waals surface area contributed by atoms with E-state index >= 15 is 0 Å². The number of hydrogen-bond acceptors (Lipinski definition) is 2. The first-order valence-electron chi connectivity index (χ1n) is 8.89. The number of benzene rings is 3. The first-order valence-corrected chi connectivity index (χ1v) is 8.89. The van der Waals surface area contributed by atoms with Crippen molar-refractivity contribution in [1.29, 1.82) is 0 Å². The third-order valence-electron chi connectivity index (χ3n) is 5.32. The Labute approximate surface area is 153 Å². The molecule has 0 saturated heterocycles. The van der Waals surface area contributed by atoms with Gasteiger partial charge in [-0.05, 0) is 18.9 Å². The van der Waals surface area contributed by atoms with Gasteiger partial charge in [0.15, 0.2) is 11.6 Å². The highest BCUT2D eigenvalue weighted by molar-refractivity contribution is 6.23.